The maximum Gasteiger partial charge on any atom is 0.247 e. The molecule has 6 nitrogen and oxygen atoms in total. The number of hydrogen-bond donors (Lipinski definition) is 1. The van der Waals surface area contributed by atoms with Gasteiger partial charge in [0.05, 0.1) is 6.20 Å². The van der Waals surface area contributed by atoms with Crippen molar-refractivity contribution in [1.82, 2.24) is 15.2 Å². The SMILES string of the molecule is Cc1cccc(Nc2cnnc(N3CCN(c4ccc(F)cc4)CC3)n2)c1C. The van der Waals surface area contributed by atoms with E-state index in [1.807, 2.05) is 24.3 Å². The first-order chi connectivity index (χ1) is 13.6. The summed E-state index contributed by atoms with van der Waals surface area (Å²) in [6.07, 6.45) is 1.64. The molecule has 4 rings (SSSR count). The number of aromatic nitrogens is 3. The van der Waals surface area contributed by atoms with Gasteiger partial charge in [0.15, 0.2) is 5.82 Å². The molecule has 1 aromatic heterocycles. The van der Waals surface area contributed by atoms with Crippen molar-refractivity contribution >= 4 is 23.1 Å². The minimum absolute atomic E-state index is 0.213. The van der Waals surface area contributed by atoms with Crippen LogP contribution < -0.4 is 15.1 Å². The number of anilines is 4. The summed E-state index contributed by atoms with van der Waals surface area (Å²) >= 11 is 0. The number of benzene rings is 2. The van der Waals surface area contributed by atoms with Crippen LogP contribution >= 0.6 is 0 Å². The van der Waals surface area contributed by atoms with Gasteiger partial charge in [-0.3, -0.25) is 0 Å². The highest BCUT2D eigenvalue weighted by Crippen LogP contribution is 2.23. The first-order valence-corrected chi connectivity index (χ1v) is 9.38. The summed E-state index contributed by atoms with van der Waals surface area (Å²) in [5.74, 6) is 1.09. The van der Waals surface area contributed by atoms with Crippen LogP contribution in [0.5, 0.6) is 0 Å². The summed E-state index contributed by atoms with van der Waals surface area (Å²) in [5.41, 5.74) is 4.47. The third-order valence-electron chi connectivity index (χ3n) is 5.17. The molecular weight excluding hydrogens is 355 g/mol. The summed E-state index contributed by atoms with van der Waals surface area (Å²) in [6.45, 7) is 7.39. The smallest absolute Gasteiger partial charge is 0.247 e. The van der Waals surface area contributed by atoms with Crippen molar-refractivity contribution in [2.75, 3.05) is 41.3 Å². The predicted molar refractivity (Wildman–Crippen MR) is 110 cm³/mol. The fourth-order valence-electron chi connectivity index (χ4n) is 3.33. The minimum Gasteiger partial charge on any atom is -0.368 e. The molecule has 28 heavy (non-hydrogen) atoms. The maximum atomic E-state index is 13.1. The third-order valence-corrected chi connectivity index (χ3v) is 5.17. The molecule has 0 unspecified atom stereocenters. The van der Waals surface area contributed by atoms with Gasteiger partial charge in [-0.15, -0.1) is 5.10 Å². The van der Waals surface area contributed by atoms with Crippen molar-refractivity contribution in [3.8, 4) is 0 Å². The number of rotatable bonds is 4. The van der Waals surface area contributed by atoms with E-state index in [1.165, 1.54) is 23.3 Å². The van der Waals surface area contributed by atoms with E-state index in [1.54, 1.807) is 6.20 Å². The Hall–Kier alpha value is -3.22. The van der Waals surface area contributed by atoms with E-state index in [0.717, 1.165) is 37.6 Å². The Morgan fingerprint density at radius 2 is 1.64 bits per heavy atom. The van der Waals surface area contributed by atoms with Crippen LogP contribution in [-0.2, 0) is 0 Å². The highest BCUT2D eigenvalue weighted by Gasteiger charge is 2.20. The maximum absolute atomic E-state index is 13.1. The molecule has 7 heteroatoms. The number of nitrogens with one attached hydrogen (secondary N) is 1. The van der Waals surface area contributed by atoms with Gasteiger partial charge in [0.2, 0.25) is 5.95 Å². The van der Waals surface area contributed by atoms with Crippen molar-refractivity contribution < 1.29 is 4.39 Å². The van der Waals surface area contributed by atoms with Crippen LogP contribution in [0.2, 0.25) is 0 Å². The molecule has 0 spiro atoms. The molecule has 0 bridgehead atoms. The molecule has 1 aliphatic rings. The summed E-state index contributed by atoms with van der Waals surface area (Å²) in [5, 5.41) is 11.7. The van der Waals surface area contributed by atoms with E-state index in [2.05, 4.69) is 50.2 Å². The van der Waals surface area contributed by atoms with Crippen LogP contribution in [0, 0.1) is 19.7 Å². The molecule has 144 valence electrons. The van der Waals surface area contributed by atoms with Crippen molar-refractivity contribution in [2.24, 2.45) is 0 Å². The lowest BCUT2D eigenvalue weighted by atomic mass is 10.1. The number of hydrogen-bond acceptors (Lipinski definition) is 6. The van der Waals surface area contributed by atoms with Crippen LogP contribution in [0.4, 0.5) is 27.5 Å². The lowest BCUT2D eigenvalue weighted by Crippen LogP contribution is -2.47. The molecule has 3 aromatic rings. The molecule has 2 aromatic carbocycles. The first-order valence-electron chi connectivity index (χ1n) is 9.38. The van der Waals surface area contributed by atoms with Crippen molar-refractivity contribution in [1.29, 1.82) is 0 Å². The average molecular weight is 378 g/mol. The second kappa shape index (κ2) is 7.80. The van der Waals surface area contributed by atoms with Crippen LogP contribution in [0.1, 0.15) is 11.1 Å². The Bertz CT molecular complexity index is 951. The molecular formula is C21H23FN6. The Kier molecular flexibility index (Phi) is 5.06. The quantitative estimate of drug-likeness (QED) is 0.747. The highest BCUT2D eigenvalue weighted by molar-refractivity contribution is 5.62. The molecule has 1 fully saturated rings. The van der Waals surface area contributed by atoms with E-state index in [4.69, 9.17) is 0 Å². The highest BCUT2D eigenvalue weighted by atomic mass is 19.1. The van der Waals surface area contributed by atoms with E-state index < -0.39 is 0 Å². The molecule has 1 N–H and O–H groups in total. The largest absolute Gasteiger partial charge is 0.368 e. The molecule has 0 amide bonds. The van der Waals surface area contributed by atoms with Gasteiger partial charge in [0.25, 0.3) is 0 Å². The summed E-state index contributed by atoms with van der Waals surface area (Å²) in [6, 6.07) is 12.8. The number of aryl methyl sites for hydroxylation is 1. The average Bonchev–Trinajstić information content (AvgIpc) is 2.72. The Balaban J connectivity index is 1.44. The molecule has 1 saturated heterocycles. The number of nitrogens with zero attached hydrogens (tertiary/aromatic N) is 5. The second-order valence-corrected chi connectivity index (χ2v) is 6.96. The van der Waals surface area contributed by atoms with Crippen molar-refractivity contribution in [2.45, 2.75) is 13.8 Å². The lowest BCUT2D eigenvalue weighted by Gasteiger charge is -2.35. The van der Waals surface area contributed by atoms with Gasteiger partial charge >= 0.3 is 0 Å². The van der Waals surface area contributed by atoms with Gasteiger partial charge in [0, 0.05) is 37.6 Å². The van der Waals surface area contributed by atoms with Crippen molar-refractivity contribution in [3.63, 3.8) is 0 Å². The molecule has 0 atom stereocenters. The standard InChI is InChI=1S/C21H23FN6/c1-15-4-3-5-19(16(15)2)24-20-14-23-26-21(25-20)28-12-10-27(11-13-28)18-8-6-17(22)7-9-18/h3-9,14H,10-13H2,1-2H3,(H,24,25,26). The van der Waals surface area contributed by atoms with Gasteiger partial charge < -0.3 is 15.1 Å². The predicted octanol–water partition coefficient (Wildman–Crippen LogP) is 3.70. The summed E-state index contributed by atoms with van der Waals surface area (Å²) < 4.78 is 13.1. The van der Waals surface area contributed by atoms with E-state index in [0.29, 0.717) is 11.8 Å². The molecule has 0 aliphatic carbocycles. The zero-order valence-electron chi connectivity index (χ0n) is 16.1. The lowest BCUT2D eigenvalue weighted by molar-refractivity contribution is 0.622. The zero-order chi connectivity index (χ0) is 19.5. The zero-order valence-corrected chi connectivity index (χ0v) is 16.1. The molecule has 0 radical (unpaired) electrons. The Labute approximate surface area is 164 Å². The first kappa shape index (κ1) is 18.2. The van der Waals surface area contributed by atoms with Crippen LogP contribution in [-0.4, -0.2) is 41.4 Å². The summed E-state index contributed by atoms with van der Waals surface area (Å²) in [7, 11) is 0. The normalized spacial score (nSPS) is 14.2. The monoisotopic (exact) mass is 378 g/mol. The third kappa shape index (κ3) is 3.88. The number of piperazine rings is 1. The van der Waals surface area contributed by atoms with Crippen LogP contribution in [0.3, 0.4) is 0 Å². The number of halogens is 1. The van der Waals surface area contributed by atoms with Gasteiger partial charge in [-0.25, -0.2) is 4.39 Å². The van der Waals surface area contributed by atoms with Crippen LogP contribution in [0.25, 0.3) is 0 Å². The molecule has 2 heterocycles. The molecule has 0 saturated carbocycles. The van der Waals surface area contributed by atoms with Gasteiger partial charge in [0.1, 0.15) is 5.82 Å². The second-order valence-electron chi connectivity index (χ2n) is 6.96. The Morgan fingerprint density at radius 1 is 0.929 bits per heavy atom. The van der Waals surface area contributed by atoms with Gasteiger partial charge in [-0.1, -0.05) is 12.1 Å². The van der Waals surface area contributed by atoms with Crippen molar-refractivity contribution in [3.05, 3.63) is 65.6 Å². The van der Waals surface area contributed by atoms with Gasteiger partial charge in [-0.2, -0.15) is 10.1 Å². The summed E-state index contributed by atoms with van der Waals surface area (Å²) in [4.78, 5) is 9.01. The van der Waals surface area contributed by atoms with Crippen LogP contribution in [0.15, 0.2) is 48.7 Å². The van der Waals surface area contributed by atoms with E-state index in [-0.39, 0.29) is 5.82 Å². The van der Waals surface area contributed by atoms with E-state index >= 15 is 0 Å². The van der Waals surface area contributed by atoms with Gasteiger partial charge in [-0.05, 0) is 55.3 Å². The fourth-order valence-corrected chi connectivity index (χ4v) is 3.33. The Morgan fingerprint density at radius 3 is 2.39 bits per heavy atom. The minimum atomic E-state index is -0.213. The topological polar surface area (TPSA) is 57.2 Å². The van der Waals surface area contributed by atoms with E-state index in [9.17, 15) is 4.39 Å². The molecule has 1 aliphatic heterocycles. The fraction of sp³-hybridized carbons (Fsp3) is 0.286.